The van der Waals surface area contributed by atoms with Gasteiger partial charge in [0.1, 0.15) is 17.7 Å². The number of aliphatic hydroxyl groups is 1. The largest absolute Gasteiger partial charge is 0.444 e. The second-order valence-corrected chi connectivity index (χ2v) is 11.9. The Labute approximate surface area is 184 Å². The van der Waals surface area contributed by atoms with Crippen molar-refractivity contribution in [3.05, 3.63) is 0 Å². The van der Waals surface area contributed by atoms with Crippen LogP contribution in [0.4, 0.5) is 4.79 Å². The van der Waals surface area contributed by atoms with Gasteiger partial charge in [0.2, 0.25) is 11.8 Å². The van der Waals surface area contributed by atoms with Gasteiger partial charge in [-0.25, -0.2) is 4.79 Å². The number of ether oxygens (including phenoxy) is 1. The normalized spacial score (nSPS) is 40.0. The van der Waals surface area contributed by atoms with Crippen LogP contribution in [0.15, 0.2) is 0 Å². The third kappa shape index (κ3) is 4.28. The van der Waals surface area contributed by atoms with E-state index >= 15 is 0 Å². The minimum atomic E-state index is -0.841. The van der Waals surface area contributed by atoms with E-state index in [1.165, 1.54) is 0 Å². The fourth-order valence-corrected chi connectivity index (χ4v) is 7.25. The predicted octanol–water partition coefficient (Wildman–Crippen LogP) is 1.93. The SMILES string of the molecule is C[C@H]1C[C@@H](C(N)=O)N(C(=O)[C@@H](NC(=O)OC(C)(C)C)C23CC4CC(CC(O)(C4)C2)C3)C1. The Morgan fingerprint density at radius 3 is 2.26 bits per heavy atom. The highest BCUT2D eigenvalue weighted by Gasteiger charge is 2.62. The summed E-state index contributed by atoms with van der Waals surface area (Å²) in [6.07, 6.45) is 4.57. The average molecular weight is 436 g/mol. The number of primary amides is 1. The van der Waals surface area contributed by atoms with E-state index in [0.29, 0.717) is 31.2 Å². The van der Waals surface area contributed by atoms with Gasteiger partial charge in [0.05, 0.1) is 5.60 Å². The molecule has 5 atom stereocenters. The minimum Gasteiger partial charge on any atom is -0.444 e. The molecule has 0 spiro atoms. The highest BCUT2D eigenvalue weighted by Crippen LogP contribution is 2.63. The van der Waals surface area contributed by atoms with Crippen LogP contribution in [-0.2, 0) is 14.3 Å². The van der Waals surface area contributed by atoms with Crippen LogP contribution in [0.5, 0.6) is 0 Å². The van der Waals surface area contributed by atoms with Crippen molar-refractivity contribution in [3.8, 4) is 0 Å². The molecule has 0 radical (unpaired) electrons. The number of carbonyl (C=O) groups is 3. The smallest absolute Gasteiger partial charge is 0.408 e. The first-order valence-corrected chi connectivity index (χ1v) is 11.6. The number of nitrogens with zero attached hydrogens (tertiary/aromatic N) is 1. The zero-order valence-corrected chi connectivity index (χ0v) is 19.1. The first-order valence-electron chi connectivity index (χ1n) is 11.6. The number of alkyl carbamates (subject to hydrolysis) is 1. The molecule has 1 aliphatic heterocycles. The van der Waals surface area contributed by atoms with Crippen LogP contribution < -0.4 is 11.1 Å². The summed E-state index contributed by atoms with van der Waals surface area (Å²) in [4.78, 5) is 40.3. The van der Waals surface area contributed by atoms with Crippen LogP contribution in [0.2, 0.25) is 0 Å². The topological polar surface area (TPSA) is 122 Å². The molecule has 4 bridgehead atoms. The summed E-state index contributed by atoms with van der Waals surface area (Å²) in [6.45, 7) is 7.77. The van der Waals surface area contributed by atoms with Crippen LogP contribution >= 0.6 is 0 Å². The third-order valence-corrected chi connectivity index (χ3v) is 7.72. The first-order chi connectivity index (χ1) is 14.3. The number of hydrogen-bond acceptors (Lipinski definition) is 5. The van der Waals surface area contributed by atoms with Gasteiger partial charge >= 0.3 is 6.09 Å². The van der Waals surface area contributed by atoms with Crippen molar-refractivity contribution in [1.82, 2.24) is 10.2 Å². The molecule has 1 saturated heterocycles. The van der Waals surface area contributed by atoms with Gasteiger partial charge in [-0.05, 0) is 83.5 Å². The number of nitrogens with one attached hydrogen (secondary N) is 1. The second kappa shape index (κ2) is 7.36. The summed E-state index contributed by atoms with van der Waals surface area (Å²) < 4.78 is 5.49. The molecule has 4 N–H and O–H groups in total. The number of hydrogen-bond donors (Lipinski definition) is 3. The molecule has 5 rings (SSSR count). The molecule has 2 unspecified atom stereocenters. The lowest BCUT2D eigenvalue weighted by Crippen LogP contribution is -2.67. The molecule has 5 aliphatic rings. The Morgan fingerprint density at radius 2 is 1.74 bits per heavy atom. The van der Waals surface area contributed by atoms with Crippen molar-refractivity contribution in [2.75, 3.05) is 6.54 Å². The van der Waals surface area contributed by atoms with Crippen molar-refractivity contribution in [2.45, 2.75) is 95.9 Å². The van der Waals surface area contributed by atoms with Crippen molar-refractivity contribution in [2.24, 2.45) is 28.9 Å². The molecule has 0 aromatic rings. The van der Waals surface area contributed by atoms with Gasteiger partial charge in [-0.2, -0.15) is 0 Å². The fraction of sp³-hybridized carbons (Fsp3) is 0.870. The van der Waals surface area contributed by atoms with E-state index in [4.69, 9.17) is 10.5 Å². The van der Waals surface area contributed by atoms with Crippen molar-refractivity contribution < 1.29 is 24.2 Å². The average Bonchev–Trinajstić information content (AvgIpc) is 2.97. The predicted molar refractivity (Wildman–Crippen MR) is 114 cm³/mol. The van der Waals surface area contributed by atoms with E-state index in [9.17, 15) is 19.5 Å². The number of nitrogens with two attached hydrogens (primary N) is 1. The molecule has 174 valence electrons. The molecular formula is C23H37N3O5. The molecule has 8 heteroatoms. The van der Waals surface area contributed by atoms with E-state index in [1.807, 2.05) is 6.92 Å². The Kier molecular flexibility index (Phi) is 5.31. The first kappa shape index (κ1) is 22.4. The standard InChI is InChI=1S/C23H37N3O5/c1-13-5-16(18(24)27)26(11-13)19(28)17(25-20(29)31-21(2,3)4)22-7-14-6-15(8-22)10-23(30,9-14)12-22/h13-17,30H,5-12H2,1-4H3,(H2,24,27)(H,25,29)/t13-,14?,15?,16-,17+,22?,23?/m0/s1. The summed E-state index contributed by atoms with van der Waals surface area (Å²) in [5.41, 5.74) is 3.61. The van der Waals surface area contributed by atoms with Gasteiger partial charge in [-0.1, -0.05) is 6.92 Å². The molecule has 8 nitrogen and oxygen atoms in total. The summed E-state index contributed by atoms with van der Waals surface area (Å²) in [7, 11) is 0. The maximum Gasteiger partial charge on any atom is 0.408 e. The fourth-order valence-electron chi connectivity index (χ4n) is 7.25. The monoisotopic (exact) mass is 435 g/mol. The van der Waals surface area contributed by atoms with Gasteiger partial charge in [0.15, 0.2) is 0 Å². The minimum absolute atomic E-state index is 0.157. The third-order valence-electron chi connectivity index (χ3n) is 7.72. The summed E-state index contributed by atoms with van der Waals surface area (Å²) in [5.74, 6) is 0.0736. The van der Waals surface area contributed by atoms with Crippen LogP contribution in [0.1, 0.15) is 72.6 Å². The van der Waals surface area contributed by atoms with Crippen LogP contribution in [0.25, 0.3) is 0 Å². The summed E-state index contributed by atoms with van der Waals surface area (Å²) >= 11 is 0. The summed E-state index contributed by atoms with van der Waals surface area (Å²) in [5, 5.41) is 14.1. The van der Waals surface area contributed by atoms with E-state index in [-0.39, 0.29) is 11.8 Å². The molecular weight excluding hydrogens is 398 g/mol. The maximum atomic E-state index is 13.9. The number of rotatable bonds is 4. The van der Waals surface area contributed by atoms with Crippen molar-refractivity contribution in [1.29, 1.82) is 0 Å². The number of likely N-dealkylation sites (tertiary alicyclic amines) is 1. The lowest BCUT2D eigenvalue weighted by molar-refractivity contribution is -0.180. The quantitative estimate of drug-likeness (QED) is 0.623. The Bertz CT molecular complexity index is 762. The Hall–Kier alpha value is -1.83. The molecule has 0 aromatic carbocycles. The van der Waals surface area contributed by atoms with Gasteiger partial charge < -0.3 is 25.8 Å². The summed E-state index contributed by atoms with van der Waals surface area (Å²) in [6, 6.07) is -1.51. The molecule has 3 amide bonds. The van der Waals surface area contributed by atoms with Crippen LogP contribution in [-0.4, -0.2) is 57.7 Å². The molecule has 0 aromatic heterocycles. The Balaban J connectivity index is 1.66. The zero-order chi connectivity index (χ0) is 22.8. The lowest BCUT2D eigenvalue weighted by atomic mass is 9.46. The van der Waals surface area contributed by atoms with Crippen LogP contribution in [0.3, 0.4) is 0 Å². The van der Waals surface area contributed by atoms with Gasteiger partial charge in [0.25, 0.3) is 0 Å². The number of carbonyl (C=O) groups excluding carboxylic acids is 3. The number of amides is 3. The van der Waals surface area contributed by atoms with E-state index < -0.39 is 40.7 Å². The van der Waals surface area contributed by atoms with Crippen molar-refractivity contribution in [3.63, 3.8) is 0 Å². The molecule has 31 heavy (non-hydrogen) atoms. The van der Waals surface area contributed by atoms with Gasteiger partial charge in [-0.3, -0.25) is 9.59 Å². The van der Waals surface area contributed by atoms with Gasteiger partial charge in [0, 0.05) is 12.0 Å². The highest BCUT2D eigenvalue weighted by molar-refractivity contribution is 5.92. The van der Waals surface area contributed by atoms with E-state index in [2.05, 4.69) is 5.32 Å². The van der Waals surface area contributed by atoms with E-state index in [1.54, 1.807) is 25.7 Å². The molecule has 1 heterocycles. The lowest BCUT2D eigenvalue weighted by Gasteiger charge is -2.62. The molecule has 4 saturated carbocycles. The Morgan fingerprint density at radius 1 is 1.13 bits per heavy atom. The van der Waals surface area contributed by atoms with E-state index in [0.717, 1.165) is 32.1 Å². The molecule has 4 aliphatic carbocycles. The van der Waals surface area contributed by atoms with Crippen molar-refractivity contribution >= 4 is 17.9 Å². The highest BCUT2D eigenvalue weighted by atomic mass is 16.6. The van der Waals surface area contributed by atoms with Crippen LogP contribution in [0, 0.1) is 23.2 Å². The second-order valence-electron chi connectivity index (χ2n) is 11.9. The zero-order valence-electron chi connectivity index (χ0n) is 19.1. The molecule has 5 fully saturated rings. The van der Waals surface area contributed by atoms with Gasteiger partial charge in [-0.15, -0.1) is 0 Å². The maximum absolute atomic E-state index is 13.9.